The summed E-state index contributed by atoms with van der Waals surface area (Å²) in [5.41, 5.74) is 1.32. The second-order valence-corrected chi connectivity index (χ2v) is 5.67. The lowest BCUT2D eigenvalue weighted by atomic mass is 9.97. The van der Waals surface area contributed by atoms with Gasteiger partial charge in [0, 0.05) is 18.2 Å². The molecule has 1 atom stereocenters. The van der Waals surface area contributed by atoms with Crippen LogP contribution in [-0.4, -0.2) is 16.1 Å². The Morgan fingerprint density at radius 3 is 2.67 bits per heavy atom. The first kappa shape index (κ1) is 13.5. The highest BCUT2D eigenvalue weighted by Gasteiger charge is 2.16. The van der Waals surface area contributed by atoms with Gasteiger partial charge in [-0.05, 0) is 18.4 Å². The molecule has 2 rings (SSSR count). The molecule has 0 saturated carbocycles. The third kappa shape index (κ3) is 3.30. The van der Waals surface area contributed by atoms with Gasteiger partial charge in [0.05, 0.1) is 0 Å². The van der Waals surface area contributed by atoms with Crippen molar-refractivity contribution in [1.29, 1.82) is 0 Å². The molecule has 0 aliphatic heterocycles. The summed E-state index contributed by atoms with van der Waals surface area (Å²) in [5, 5.41) is 10.8. The van der Waals surface area contributed by atoms with Crippen molar-refractivity contribution in [3.8, 4) is 0 Å². The van der Waals surface area contributed by atoms with Crippen molar-refractivity contribution in [1.82, 2.24) is 10.2 Å². The van der Waals surface area contributed by atoms with E-state index in [1.165, 1.54) is 5.56 Å². The van der Waals surface area contributed by atoms with Crippen molar-refractivity contribution >= 4 is 22.9 Å². The highest BCUT2D eigenvalue weighted by molar-refractivity contribution is 7.11. The summed E-state index contributed by atoms with van der Waals surface area (Å²) >= 11 is 7.42. The Labute approximate surface area is 117 Å². The number of aryl methyl sites for hydroxylation is 1. The number of halogens is 1. The number of hydrogen-bond donors (Lipinski definition) is 0. The van der Waals surface area contributed by atoms with Crippen molar-refractivity contribution in [3.63, 3.8) is 0 Å². The molecule has 0 saturated heterocycles. The van der Waals surface area contributed by atoms with Gasteiger partial charge in [-0.25, -0.2) is 0 Å². The third-order valence-electron chi connectivity index (χ3n) is 2.92. The predicted octanol–water partition coefficient (Wildman–Crippen LogP) is 4.25. The minimum absolute atomic E-state index is 0.369. The molecule has 1 aromatic carbocycles. The minimum Gasteiger partial charge on any atom is -0.144 e. The topological polar surface area (TPSA) is 25.8 Å². The molecule has 0 aliphatic rings. The number of nitrogens with zero attached hydrogens (tertiary/aromatic N) is 2. The van der Waals surface area contributed by atoms with Gasteiger partial charge >= 0.3 is 0 Å². The Morgan fingerprint density at radius 1 is 1.22 bits per heavy atom. The average molecular weight is 281 g/mol. The summed E-state index contributed by atoms with van der Waals surface area (Å²) in [6, 6.07) is 10.5. The molecule has 0 bridgehead atoms. The molecule has 2 nitrogen and oxygen atoms in total. The maximum Gasteiger partial charge on any atom is 0.124 e. The number of benzene rings is 1. The van der Waals surface area contributed by atoms with E-state index in [9.17, 15) is 0 Å². The zero-order valence-electron chi connectivity index (χ0n) is 10.5. The SMILES string of the molecule is CCC(c1ccccc1)c1nnc(CCCCl)s1. The predicted molar refractivity (Wildman–Crippen MR) is 77.5 cm³/mol. The highest BCUT2D eigenvalue weighted by atomic mass is 35.5. The van der Waals surface area contributed by atoms with Crippen LogP contribution in [0.15, 0.2) is 30.3 Å². The van der Waals surface area contributed by atoms with Crippen molar-refractivity contribution in [2.75, 3.05) is 5.88 Å². The molecule has 0 fully saturated rings. The van der Waals surface area contributed by atoms with E-state index in [4.69, 9.17) is 11.6 Å². The molecule has 1 aromatic heterocycles. The van der Waals surface area contributed by atoms with Crippen molar-refractivity contribution < 1.29 is 0 Å². The Morgan fingerprint density at radius 2 is 2.00 bits per heavy atom. The zero-order valence-corrected chi connectivity index (χ0v) is 12.0. The number of hydrogen-bond acceptors (Lipinski definition) is 3. The molecular weight excluding hydrogens is 264 g/mol. The van der Waals surface area contributed by atoms with Crippen molar-refractivity contribution in [2.24, 2.45) is 0 Å². The van der Waals surface area contributed by atoms with E-state index in [0.717, 1.165) is 29.3 Å². The first-order valence-corrected chi connectivity index (χ1v) is 7.63. The summed E-state index contributed by atoms with van der Waals surface area (Å²) in [6.07, 6.45) is 2.96. The van der Waals surface area contributed by atoms with Gasteiger partial charge in [-0.15, -0.1) is 33.1 Å². The van der Waals surface area contributed by atoms with E-state index >= 15 is 0 Å². The Hall–Kier alpha value is -0.930. The fraction of sp³-hybridized carbons (Fsp3) is 0.429. The lowest BCUT2D eigenvalue weighted by Gasteiger charge is -2.10. The molecule has 18 heavy (non-hydrogen) atoms. The standard InChI is InChI=1S/C14H17ClN2S/c1-2-12(11-7-4-3-5-8-11)14-17-16-13(18-14)9-6-10-15/h3-5,7-8,12H,2,6,9-10H2,1H3. The average Bonchev–Trinajstić information content (AvgIpc) is 2.87. The third-order valence-corrected chi connectivity index (χ3v) is 4.28. The van der Waals surface area contributed by atoms with Crippen LogP contribution in [0, 0.1) is 0 Å². The van der Waals surface area contributed by atoms with Crippen LogP contribution in [0.25, 0.3) is 0 Å². The molecule has 0 radical (unpaired) electrons. The lowest BCUT2D eigenvalue weighted by molar-refractivity contribution is 0.751. The molecule has 0 aliphatic carbocycles. The molecular formula is C14H17ClN2S. The van der Waals surface area contributed by atoms with E-state index in [-0.39, 0.29) is 0 Å². The summed E-state index contributed by atoms with van der Waals surface area (Å²) < 4.78 is 0. The van der Waals surface area contributed by atoms with E-state index in [1.807, 2.05) is 6.07 Å². The smallest absolute Gasteiger partial charge is 0.124 e. The lowest BCUT2D eigenvalue weighted by Crippen LogP contribution is -1.98. The highest BCUT2D eigenvalue weighted by Crippen LogP contribution is 2.30. The van der Waals surface area contributed by atoms with Crippen LogP contribution in [0.3, 0.4) is 0 Å². The summed E-state index contributed by atoms with van der Waals surface area (Å²) in [7, 11) is 0. The monoisotopic (exact) mass is 280 g/mol. The summed E-state index contributed by atoms with van der Waals surface area (Å²) in [4.78, 5) is 0. The Kier molecular flexibility index (Phi) is 5.14. The quantitative estimate of drug-likeness (QED) is 0.739. The van der Waals surface area contributed by atoms with Gasteiger partial charge in [-0.3, -0.25) is 0 Å². The molecule has 0 N–H and O–H groups in total. The maximum absolute atomic E-state index is 5.70. The first-order chi connectivity index (χ1) is 8.85. The normalized spacial score (nSPS) is 12.6. The molecule has 0 spiro atoms. The van der Waals surface area contributed by atoms with E-state index in [1.54, 1.807) is 11.3 Å². The van der Waals surface area contributed by atoms with Crippen LogP contribution in [-0.2, 0) is 6.42 Å². The van der Waals surface area contributed by atoms with Gasteiger partial charge in [0.1, 0.15) is 10.0 Å². The van der Waals surface area contributed by atoms with Crippen molar-refractivity contribution in [2.45, 2.75) is 32.1 Å². The molecule has 1 heterocycles. The van der Waals surface area contributed by atoms with Crippen LogP contribution in [0.4, 0.5) is 0 Å². The van der Waals surface area contributed by atoms with Crippen LogP contribution in [0.1, 0.15) is 41.3 Å². The van der Waals surface area contributed by atoms with Gasteiger partial charge in [0.25, 0.3) is 0 Å². The number of rotatable bonds is 6. The van der Waals surface area contributed by atoms with Crippen LogP contribution >= 0.6 is 22.9 Å². The first-order valence-electron chi connectivity index (χ1n) is 6.28. The summed E-state index contributed by atoms with van der Waals surface area (Å²) in [6.45, 7) is 2.19. The molecule has 4 heteroatoms. The maximum atomic E-state index is 5.70. The van der Waals surface area contributed by atoms with Gasteiger partial charge in [-0.1, -0.05) is 37.3 Å². The van der Waals surface area contributed by atoms with Gasteiger partial charge in [-0.2, -0.15) is 0 Å². The van der Waals surface area contributed by atoms with E-state index < -0.39 is 0 Å². The number of aromatic nitrogens is 2. The van der Waals surface area contributed by atoms with Crippen LogP contribution in [0.2, 0.25) is 0 Å². The number of alkyl halides is 1. The summed E-state index contributed by atoms with van der Waals surface area (Å²) in [5.74, 6) is 1.05. The fourth-order valence-corrected chi connectivity index (χ4v) is 3.19. The zero-order chi connectivity index (χ0) is 12.8. The molecule has 0 amide bonds. The second-order valence-electron chi connectivity index (χ2n) is 4.20. The van der Waals surface area contributed by atoms with Crippen LogP contribution in [0.5, 0.6) is 0 Å². The minimum atomic E-state index is 0.369. The van der Waals surface area contributed by atoms with Gasteiger partial charge in [0.2, 0.25) is 0 Å². The Balaban J connectivity index is 2.15. The van der Waals surface area contributed by atoms with Gasteiger partial charge < -0.3 is 0 Å². The van der Waals surface area contributed by atoms with Gasteiger partial charge in [0.15, 0.2) is 0 Å². The largest absolute Gasteiger partial charge is 0.144 e. The van der Waals surface area contributed by atoms with E-state index in [2.05, 4.69) is 41.4 Å². The van der Waals surface area contributed by atoms with E-state index in [0.29, 0.717) is 11.8 Å². The molecule has 2 aromatic rings. The second kappa shape index (κ2) is 6.86. The molecule has 96 valence electrons. The Bertz CT molecular complexity index is 470. The van der Waals surface area contributed by atoms with Crippen molar-refractivity contribution in [3.05, 3.63) is 45.9 Å². The van der Waals surface area contributed by atoms with Crippen LogP contribution < -0.4 is 0 Å². The molecule has 1 unspecified atom stereocenters. The fourth-order valence-electron chi connectivity index (χ4n) is 1.96.